The molecular weight excluding hydrogens is 415 g/mol. The van der Waals surface area contributed by atoms with Crippen LogP contribution in [0.25, 0.3) is 0 Å². The zero-order valence-corrected chi connectivity index (χ0v) is 19.5. The van der Waals surface area contributed by atoms with E-state index in [1.54, 1.807) is 0 Å². The molecule has 1 aliphatic heterocycles. The third-order valence-corrected chi connectivity index (χ3v) is 6.32. The molecule has 1 N–H and O–H groups in total. The molecule has 0 radical (unpaired) electrons. The first-order valence-electron chi connectivity index (χ1n) is 10.1. The molecule has 0 amide bonds. The van der Waals surface area contributed by atoms with Crippen molar-refractivity contribution in [3.63, 3.8) is 0 Å². The van der Waals surface area contributed by atoms with Crippen molar-refractivity contribution in [2.75, 3.05) is 16.8 Å². The van der Waals surface area contributed by atoms with Gasteiger partial charge in [0.05, 0.1) is 0 Å². The highest BCUT2D eigenvalue weighted by Gasteiger charge is 2.25. The highest BCUT2D eigenvalue weighted by Crippen LogP contribution is 2.34. The number of nitrogens with one attached hydrogen (secondary N) is 1. The van der Waals surface area contributed by atoms with Gasteiger partial charge in [-0.25, -0.2) is 4.98 Å². The van der Waals surface area contributed by atoms with Gasteiger partial charge in [0.15, 0.2) is 0 Å². The van der Waals surface area contributed by atoms with Gasteiger partial charge in [-0.15, -0.1) is 0 Å². The molecule has 30 heavy (non-hydrogen) atoms. The molecule has 2 heterocycles. The molecule has 3 aromatic rings. The number of hydrogen-bond donors (Lipinski definition) is 1. The Labute approximate surface area is 188 Å². The summed E-state index contributed by atoms with van der Waals surface area (Å²) in [5.41, 5.74) is 9.11. The summed E-state index contributed by atoms with van der Waals surface area (Å²) < 4.78 is 0. The fraction of sp³-hybridized carbons (Fsp3) is 0.333. The summed E-state index contributed by atoms with van der Waals surface area (Å²) in [6.45, 7) is 12.0. The summed E-state index contributed by atoms with van der Waals surface area (Å²) in [7, 11) is 0. The number of nitrogens with zero attached hydrogens (tertiary/aromatic N) is 3. The molecule has 6 heteroatoms. The van der Waals surface area contributed by atoms with Crippen molar-refractivity contribution in [3.05, 3.63) is 73.4 Å². The Hall–Kier alpha value is -2.30. The second-order valence-electron chi connectivity index (χ2n) is 8.19. The molecule has 0 saturated carbocycles. The van der Waals surface area contributed by atoms with E-state index >= 15 is 0 Å². The van der Waals surface area contributed by atoms with Crippen LogP contribution in [0, 0.1) is 34.6 Å². The molecule has 4 rings (SSSR count). The monoisotopic (exact) mass is 440 g/mol. The number of fused-ring (bicyclic) bond motifs is 1. The van der Waals surface area contributed by atoms with Crippen LogP contribution >= 0.6 is 23.2 Å². The summed E-state index contributed by atoms with van der Waals surface area (Å²) in [5, 5.41) is 4.82. The van der Waals surface area contributed by atoms with Crippen LogP contribution in [0.3, 0.4) is 0 Å². The number of halogens is 2. The summed E-state index contributed by atoms with van der Waals surface area (Å²) in [6.07, 6.45) is 0.939. The minimum atomic E-state index is 0.632. The predicted molar refractivity (Wildman–Crippen MR) is 127 cm³/mol. The van der Waals surface area contributed by atoms with E-state index in [9.17, 15) is 0 Å². The lowest BCUT2D eigenvalue weighted by Gasteiger charge is -2.22. The Bertz CT molecular complexity index is 1090. The van der Waals surface area contributed by atoms with Crippen molar-refractivity contribution >= 4 is 40.7 Å². The number of anilines is 3. The lowest BCUT2D eigenvalue weighted by molar-refractivity contribution is 0.821. The highest BCUT2D eigenvalue weighted by atomic mass is 35.5. The van der Waals surface area contributed by atoms with E-state index < -0.39 is 0 Å². The lowest BCUT2D eigenvalue weighted by atomic mass is 10.1. The van der Waals surface area contributed by atoms with E-state index in [-0.39, 0.29) is 0 Å². The smallest absolute Gasteiger partial charge is 0.229 e. The van der Waals surface area contributed by atoms with Gasteiger partial charge in [-0.1, -0.05) is 40.9 Å². The fourth-order valence-corrected chi connectivity index (χ4v) is 4.96. The highest BCUT2D eigenvalue weighted by molar-refractivity contribution is 6.35. The number of aryl methyl sites for hydroxylation is 5. The van der Waals surface area contributed by atoms with Crippen LogP contribution in [-0.2, 0) is 13.0 Å². The standard InChI is InChI=1S/C24H26Cl2N4/c1-13-8-15(3)22(16(4)9-13)28-24-27-17(5)19-6-7-30(23(19)29-24)12-20-14(2)10-18(25)11-21(20)26/h8-11H,6-7,12H2,1-5H3,(H,27,28,29). The number of benzene rings is 2. The van der Waals surface area contributed by atoms with Gasteiger partial charge in [0.2, 0.25) is 5.95 Å². The molecule has 0 bridgehead atoms. The minimum Gasteiger partial charge on any atom is -0.351 e. The van der Waals surface area contributed by atoms with E-state index in [0.717, 1.165) is 41.3 Å². The van der Waals surface area contributed by atoms with Crippen LogP contribution in [-0.4, -0.2) is 16.5 Å². The zero-order chi connectivity index (χ0) is 21.6. The number of rotatable bonds is 4. The van der Waals surface area contributed by atoms with Crippen molar-refractivity contribution in [1.82, 2.24) is 9.97 Å². The van der Waals surface area contributed by atoms with E-state index in [4.69, 9.17) is 33.2 Å². The van der Waals surface area contributed by atoms with Gasteiger partial charge < -0.3 is 10.2 Å². The Morgan fingerprint density at radius 3 is 2.30 bits per heavy atom. The van der Waals surface area contributed by atoms with E-state index in [1.165, 1.54) is 22.3 Å². The first kappa shape index (κ1) is 21.0. The third kappa shape index (κ3) is 3.99. The largest absolute Gasteiger partial charge is 0.351 e. The normalized spacial score (nSPS) is 13.0. The summed E-state index contributed by atoms with van der Waals surface area (Å²) in [5.74, 6) is 1.62. The summed E-state index contributed by atoms with van der Waals surface area (Å²) >= 11 is 12.6. The second-order valence-corrected chi connectivity index (χ2v) is 9.03. The maximum Gasteiger partial charge on any atom is 0.229 e. The fourth-order valence-electron chi connectivity index (χ4n) is 4.31. The molecule has 1 aliphatic rings. The molecule has 0 fully saturated rings. The lowest BCUT2D eigenvalue weighted by Crippen LogP contribution is -2.22. The van der Waals surface area contributed by atoms with Crippen LogP contribution in [0.15, 0.2) is 24.3 Å². The van der Waals surface area contributed by atoms with Crippen molar-refractivity contribution in [2.45, 2.75) is 47.6 Å². The van der Waals surface area contributed by atoms with Crippen LogP contribution in [0.2, 0.25) is 10.0 Å². The van der Waals surface area contributed by atoms with Crippen LogP contribution in [0.4, 0.5) is 17.5 Å². The van der Waals surface area contributed by atoms with E-state index in [2.05, 4.69) is 50.0 Å². The Morgan fingerprint density at radius 2 is 1.63 bits per heavy atom. The molecular formula is C24H26Cl2N4. The van der Waals surface area contributed by atoms with Gasteiger partial charge in [0.25, 0.3) is 0 Å². The summed E-state index contributed by atoms with van der Waals surface area (Å²) in [4.78, 5) is 11.9. The Balaban J connectivity index is 1.67. The van der Waals surface area contributed by atoms with Gasteiger partial charge in [0, 0.05) is 40.1 Å². The Kier molecular flexibility index (Phi) is 5.65. The van der Waals surface area contributed by atoms with E-state index in [0.29, 0.717) is 22.5 Å². The molecule has 0 unspecified atom stereocenters. The second kappa shape index (κ2) is 8.09. The molecule has 156 valence electrons. The van der Waals surface area contributed by atoms with Crippen LogP contribution < -0.4 is 10.2 Å². The average Bonchev–Trinajstić information content (AvgIpc) is 3.04. The van der Waals surface area contributed by atoms with Crippen molar-refractivity contribution < 1.29 is 0 Å². The van der Waals surface area contributed by atoms with Gasteiger partial charge in [-0.05, 0) is 75.4 Å². The zero-order valence-electron chi connectivity index (χ0n) is 18.0. The Morgan fingerprint density at radius 1 is 0.933 bits per heavy atom. The van der Waals surface area contributed by atoms with Crippen LogP contribution in [0.5, 0.6) is 0 Å². The average molecular weight is 441 g/mol. The molecule has 2 aromatic carbocycles. The first-order valence-corrected chi connectivity index (χ1v) is 10.9. The number of hydrogen-bond acceptors (Lipinski definition) is 4. The predicted octanol–water partition coefficient (Wildman–Crippen LogP) is 6.63. The SMILES string of the molecule is Cc1cc(C)c(Nc2nc(C)c3c(n2)N(Cc2c(C)cc(Cl)cc2Cl)CC3)c(C)c1. The van der Waals surface area contributed by atoms with Gasteiger partial charge in [-0.2, -0.15) is 4.98 Å². The summed E-state index contributed by atoms with van der Waals surface area (Å²) in [6, 6.07) is 8.12. The molecule has 4 nitrogen and oxygen atoms in total. The van der Waals surface area contributed by atoms with Crippen molar-refractivity contribution in [1.29, 1.82) is 0 Å². The first-order chi connectivity index (χ1) is 14.2. The quantitative estimate of drug-likeness (QED) is 0.493. The minimum absolute atomic E-state index is 0.632. The van der Waals surface area contributed by atoms with Crippen molar-refractivity contribution in [2.24, 2.45) is 0 Å². The molecule has 1 aromatic heterocycles. The number of aromatic nitrogens is 2. The third-order valence-electron chi connectivity index (χ3n) is 5.77. The topological polar surface area (TPSA) is 41.1 Å². The molecule has 0 aliphatic carbocycles. The van der Waals surface area contributed by atoms with Gasteiger partial charge in [-0.3, -0.25) is 0 Å². The van der Waals surface area contributed by atoms with Gasteiger partial charge >= 0.3 is 0 Å². The molecule has 0 saturated heterocycles. The molecule has 0 spiro atoms. The van der Waals surface area contributed by atoms with E-state index in [1.807, 2.05) is 19.1 Å². The van der Waals surface area contributed by atoms with Crippen LogP contribution in [0.1, 0.15) is 39.1 Å². The maximum absolute atomic E-state index is 6.50. The molecule has 0 atom stereocenters. The van der Waals surface area contributed by atoms with Gasteiger partial charge in [0.1, 0.15) is 5.82 Å². The van der Waals surface area contributed by atoms with Crippen molar-refractivity contribution in [3.8, 4) is 0 Å². The maximum atomic E-state index is 6.50.